The highest BCUT2D eigenvalue weighted by Crippen LogP contribution is 2.37. The van der Waals surface area contributed by atoms with Gasteiger partial charge in [-0.25, -0.2) is 8.78 Å². The Morgan fingerprint density at radius 3 is 2.74 bits per heavy atom. The highest BCUT2D eigenvalue weighted by Gasteiger charge is 2.19. The van der Waals surface area contributed by atoms with Crippen molar-refractivity contribution in [3.63, 3.8) is 0 Å². The number of pyridine rings is 1. The Labute approximate surface area is 163 Å². The molecule has 6 heteroatoms. The Balaban J connectivity index is 2.00. The van der Waals surface area contributed by atoms with Crippen molar-refractivity contribution in [2.24, 2.45) is 5.73 Å². The summed E-state index contributed by atoms with van der Waals surface area (Å²) in [5.41, 5.74) is 9.29. The van der Waals surface area contributed by atoms with Crippen LogP contribution in [0.3, 0.4) is 0 Å². The molecule has 0 atom stereocenters. The molecule has 0 aliphatic rings. The molecule has 2 heterocycles. The number of unbranched alkanes of at least 4 members (excludes halogenated alkanes) is 1. The number of halogens is 3. The minimum absolute atomic E-state index is 0.321. The number of nitrogens with two attached hydrogens (primary N) is 1. The number of hydrogen-bond acceptors (Lipinski definition) is 2. The maximum absolute atomic E-state index is 14.4. The van der Waals surface area contributed by atoms with Gasteiger partial charge < -0.3 is 10.7 Å². The number of hydrogen-bond donors (Lipinski definition) is 2. The molecule has 0 bridgehead atoms. The summed E-state index contributed by atoms with van der Waals surface area (Å²) >= 11 is 3.56. The lowest BCUT2D eigenvalue weighted by molar-refractivity contribution is 0.591. The van der Waals surface area contributed by atoms with E-state index in [0.29, 0.717) is 23.9 Å². The summed E-state index contributed by atoms with van der Waals surface area (Å²) in [6, 6.07) is 10.1. The molecule has 4 aromatic rings. The van der Waals surface area contributed by atoms with Crippen molar-refractivity contribution in [2.45, 2.75) is 19.3 Å². The predicted octanol–water partition coefficient (Wildman–Crippen LogP) is 5.71. The van der Waals surface area contributed by atoms with E-state index in [2.05, 4.69) is 25.9 Å². The minimum atomic E-state index is -0.592. The van der Waals surface area contributed by atoms with E-state index in [-0.39, 0.29) is 0 Å². The quantitative estimate of drug-likeness (QED) is 0.399. The van der Waals surface area contributed by atoms with Gasteiger partial charge in [0.15, 0.2) is 0 Å². The molecule has 4 rings (SSSR count). The zero-order valence-corrected chi connectivity index (χ0v) is 16.1. The van der Waals surface area contributed by atoms with Crippen LogP contribution in [0.25, 0.3) is 33.1 Å². The van der Waals surface area contributed by atoms with E-state index in [4.69, 9.17) is 5.73 Å². The van der Waals surface area contributed by atoms with E-state index in [1.165, 1.54) is 6.07 Å². The molecule has 27 heavy (non-hydrogen) atoms. The molecule has 0 fully saturated rings. The van der Waals surface area contributed by atoms with Crippen LogP contribution in [-0.2, 0) is 6.42 Å². The van der Waals surface area contributed by atoms with Crippen molar-refractivity contribution >= 4 is 37.7 Å². The Bertz CT molecular complexity index is 1140. The molecule has 2 aromatic heterocycles. The summed E-state index contributed by atoms with van der Waals surface area (Å²) in [4.78, 5) is 7.71. The third kappa shape index (κ3) is 3.24. The van der Waals surface area contributed by atoms with Crippen molar-refractivity contribution in [3.05, 3.63) is 64.3 Å². The molecule has 0 saturated carbocycles. The Hall–Kier alpha value is -2.31. The van der Waals surface area contributed by atoms with E-state index >= 15 is 0 Å². The largest absolute Gasteiger partial charge is 0.352 e. The van der Waals surface area contributed by atoms with E-state index in [9.17, 15) is 8.78 Å². The third-order valence-electron chi connectivity index (χ3n) is 4.80. The van der Waals surface area contributed by atoms with Crippen LogP contribution >= 0.6 is 15.9 Å². The smallest absolute Gasteiger partial charge is 0.150 e. The highest BCUT2D eigenvalue weighted by molar-refractivity contribution is 9.10. The van der Waals surface area contributed by atoms with Gasteiger partial charge in [-0.15, -0.1) is 0 Å². The fraction of sp³-hybridized carbons (Fsp3) is 0.190. The SMILES string of the molecule is NCCCCc1c(-c2ccc(Br)c3cccnc23)[nH]c2c(F)cc(F)cc12. The van der Waals surface area contributed by atoms with Crippen LogP contribution in [0, 0.1) is 11.6 Å². The fourth-order valence-electron chi connectivity index (χ4n) is 3.55. The number of fused-ring (bicyclic) bond motifs is 2. The summed E-state index contributed by atoms with van der Waals surface area (Å²) in [7, 11) is 0. The average molecular weight is 430 g/mol. The van der Waals surface area contributed by atoms with Crippen molar-refractivity contribution in [2.75, 3.05) is 6.54 Å². The van der Waals surface area contributed by atoms with Crippen molar-refractivity contribution < 1.29 is 8.78 Å². The van der Waals surface area contributed by atoms with Gasteiger partial charge in [0.25, 0.3) is 0 Å². The maximum atomic E-state index is 14.4. The van der Waals surface area contributed by atoms with Gasteiger partial charge in [0.1, 0.15) is 11.6 Å². The zero-order chi connectivity index (χ0) is 19.0. The first-order valence-electron chi connectivity index (χ1n) is 8.83. The van der Waals surface area contributed by atoms with Crippen LogP contribution in [-0.4, -0.2) is 16.5 Å². The number of aromatic nitrogens is 2. The van der Waals surface area contributed by atoms with Crippen LogP contribution in [0.5, 0.6) is 0 Å². The van der Waals surface area contributed by atoms with E-state index in [0.717, 1.165) is 51.1 Å². The lowest BCUT2D eigenvalue weighted by Crippen LogP contribution is -1.99. The number of benzene rings is 2. The molecule has 2 aromatic carbocycles. The molecule has 0 spiro atoms. The Kier molecular flexibility index (Phi) is 4.93. The molecule has 3 N–H and O–H groups in total. The second-order valence-electron chi connectivity index (χ2n) is 6.53. The normalized spacial score (nSPS) is 11.6. The summed E-state index contributed by atoms with van der Waals surface area (Å²) < 4.78 is 29.2. The first-order chi connectivity index (χ1) is 13.1. The molecule has 0 aliphatic carbocycles. The number of nitrogens with one attached hydrogen (secondary N) is 1. The first kappa shape index (κ1) is 18.1. The molecule has 0 aliphatic heterocycles. The van der Waals surface area contributed by atoms with Gasteiger partial charge in [-0.05, 0) is 55.6 Å². The minimum Gasteiger partial charge on any atom is -0.352 e. The van der Waals surface area contributed by atoms with E-state index in [1.54, 1.807) is 6.20 Å². The van der Waals surface area contributed by atoms with Gasteiger partial charge in [-0.3, -0.25) is 4.98 Å². The maximum Gasteiger partial charge on any atom is 0.150 e. The summed E-state index contributed by atoms with van der Waals surface area (Å²) in [5, 5.41) is 1.54. The molecule has 138 valence electrons. The third-order valence-corrected chi connectivity index (χ3v) is 5.49. The molecule has 0 unspecified atom stereocenters. The number of aryl methyl sites for hydroxylation is 1. The number of rotatable bonds is 5. The number of aromatic amines is 1. The highest BCUT2D eigenvalue weighted by atomic mass is 79.9. The second-order valence-corrected chi connectivity index (χ2v) is 7.38. The van der Waals surface area contributed by atoms with Crippen LogP contribution in [0.1, 0.15) is 18.4 Å². The van der Waals surface area contributed by atoms with Crippen molar-refractivity contribution in [1.82, 2.24) is 9.97 Å². The van der Waals surface area contributed by atoms with Gasteiger partial charge in [-0.1, -0.05) is 22.0 Å². The van der Waals surface area contributed by atoms with Gasteiger partial charge in [-0.2, -0.15) is 0 Å². The molecule has 0 saturated heterocycles. The van der Waals surface area contributed by atoms with E-state index < -0.39 is 11.6 Å². The zero-order valence-electron chi connectivity index (χ0n) is 14.5. The van der Waals surface area contributed by atoms with Gasteiger partial charge in [0.2, 0.25) is 0 Å². The van der Waals surface area contributed by atoms with Crippen LogP contribution in [0.4, 0.5) is 8.78 Å². The van der Waals surface area contributed by atoms with E-state index in [1.807, 2.05) is 24.3 Å². The van der Waals surface area contributed by atoms with Crippen LogP contribution in [0.15, 0.2) is 47.1 Å². The Morgan fingerprint density at radius 2 is 1.93 bits per heavy atom. The topological polar surface area (TPSA) is 54.7 Å². The molecule has 0 radical (unpaired) electrons. The first-order valence-corrected chi connectivity index (χ1v) is 9.62. The molecule has 3 nitrogen and oxygen atoms in total. The summed E-state index contributed by atoms with van der Waals surface area (Å²) in [5.74, 6) is -1.17. The molecular formula is C21H18BrF2N3. The monoisotopic (exact) mass is 429 g/mol. The van der Waals surface area contributed by atoms with Gasteiger partial charge in [0, 0.05) is 33.1 Å². The standard InChI is InChI=1S/C21H18BrF2N3/c22-17-7-6-15(19-14(17)5-3-9-26-19)20-13(4-1-2-8-25)16-10-12(23)11-18(24)21(16)27-20/h3,5-7,9-11,27H,1-2,4,8,25H2. The Morgan fingerprint density at radius 1 is 1.07 bits per heavy atom. The van der Waals surface area contributed by atoms with Crippen LogP contribution in [0.2, 0.25) is 0 Å². The lowest BCUT2D eigenvalue weighted by atomic mass is 9.98. The summed E-state index contributed by atoms with van der Waals surface area (Å²) in [6.45, 7) is 0.586. The molecule has 0 amide bonds. The molecular weight excluding hydrogens is 412 g/mol. The van der Waals surface area contributed by atoms with Crippen LogP contribution < -0.4 is 5.73 Å². The van der Waals surface area contributed by atoms with Crippen molar-refractivity contribution in [1.29, 1.82) is 0 Å². The van der Waals surface area contributed by atoms with Crippen molar-refractivity contribution in [3.8, 4) is 11.3 Å². The summed E-state index contributed by atoms with van der Waals surface area (Å²) in [6.07, 6.45) is 4.11. The van der Waals surface area contributed by atoms with Gasteiger partial charge >= 0.3 is 0 Å². The second kappa shape index (κ2) is 7.37. The number of H-pyrrole nitrogens is 1. The fourth-order valence-corrected chi connectivity index (χ4v) is 4.00. The van der Waals surface area contributed by atoms with Gasteiger partial charge in [0.05, 0.1) is 16.7 Å². The number of nitrogens with zero attached hydrogens (tertiary/aromatic N) is 1. The average Bonchev–Trinajstić information content (AvgIpc) is 3.01. The predicted molar refractivity (Wildman–Crippen MR) is 109 cm³/mol. The lowest BCUT2D eigenvalue weighted by Gasteiger charge is -2.09.